The zero-order valence-electron chi connectivity index (χ0n) is 12.1. The maximum Gasteiger partial charge on any atom is 0.253 e. The predicted octanol–water partition coefficient (Wildman–Crippen LogP) is 1.61. The molecule has 0 saturated heterocycles. The lowest BCUT2D eigenvalue weighted by atomic mass is 10.2. The summed E-state index contributed by atoms with van der Waals surface area (Å²) in [5, 5.41) is 0. The van der Waals surface area contributed by atoms with Gasteiger partial charge in [-0.1, -0.05) is 17.7 Å². The van der Waals surface area contributed by atoms with Crippen LogP contribution in [0.15, 0.2) is 34.7 Å². The van der Waals surface area contributed by atoms with Gasteiger partial charge in [-0.2, -0.15) is 0 Å². The molecule has 22 heavy (non-hydrogen) atoms. The molecule has 1 aromatic heterocycles. The summed E-state index contributed by atoms with van der Waals surface area (Å²) in [6, 6.07) is 5.98. The molecule has 1 aromatic carbocycles. The van der Waals surface area contributed by atoms with Gasteiger partial charge in [-0.05, 0) is 32.4 Å². The van der Waals surface area contributed by atoms with Gasteiger partial charge < -0.3 is 0 Å². The number of thiazole rings is 1. The third-order valence-corrected chi connectivity index (χ3v) is 7.53. The third kappa shape index (κ3) is 4.35. The van der Waals surface area contributed by atoms with Crippen LogP contribution in [0.4, 0.5) is 0 Å². The van der Waals surface area contributed by atoms with Gasteiger partial charge in [0.25, 0.3) is 10.0 Å². The van der Waals surface area contributed by atoms with Crippen LogP contribution in [0.25, 0.3) is 0 Å². The highest BCUT2D eigenvalue weighted by molar-refractivity contribution is 8.04. The van der Waals surface area contributed by atoms with E-state index < -0.39 is 20.0 Å². The van der Waals surface area contributed by atoms with Crippen LogP contribution in [-0.4, -0.2) is 27.6 Å². The van der Waals surface area contributed by atoms with E-state index in [1.807, 2.05) is 6.92 Å². The lowest BCUT2D eigenvalue weighted by Gasteiger charge is -2.08. The first-order valence-electron chi connectivity index (χ1n) is 6.41. The van der Waals surface area contributed by atoms with Crippen molar-refractivity contribution in [2.45, 2.75) is 25.2 Å². The Bertz CT molecular complexity index is 853. The van der Waals surface area contributed by atoms with Crippen LogP contribution in [0.3, 0.4) is 0 Å². The van der Waals surface area contributed by atoms with Crippen molar-refractivity contribution in [3.63, 3.8) is 0 Å². The minimum atomic E-state index is -4.09. The van der Waals surface area contributed by atoms with E-state index in [0.29, 0.717) is 0 Å². The molecular weight excluding hydrogens is 344 g/mol. The normalized spacial score (nSPS) is 12.5. The van der Waals surface area contributed by atoms with Crippen molar-refractivity contribution in [2.24, 2.45) is 0 Å². The Morgan fingerprint density at radius 1 is 1.09 bits per heavy atom. The molecule has 0 aliphatic heterocycles. The number of nitrogens with zero attached hydrogens (tertiary/aromatic N) is 1. The number of hydrogen-bond acceptors (Lipinski definition) is 6. The van der Waals surface area contributed by atoms with Gasteiger partial charge in [-0.3, -0.25) is 0 Å². The molecule has 0 saturated carbocycles. The fourth-order valence-corrected chi connectivity index (χ4v) is 5.70. The van der Waals surface area contributed by atoms with Crippen LogP contribution in [0.5, 0.6) is 0 Å². The number of aromatic nitrogens is 1. The maximum atomic E-state index is 12.1. The predicted molar refractivity (Wildman–Crippen MR) is 85.8 cm³/mol. The summed E-state index contributed by atoms with van der Waals surface area (Å²) in [7, 11) is -8.04. The van der Waals surface area contributed by atoms with Crippen LogP contribution < -0.4 is 4.13 Å². The molecule has 6 nitrogen and oxygen atoms in total. The average molecular weight is 360 g/mol. The molecule has 1 N–H and O–H groups in total. The quantitative estimate of drug-likeness (QED) is 0.845. The molecular formula is C13H16N2O4S3. The molecule has 0 fully saturated rings. The Labute approximate surface area is 134 Å². The van der Waals surface area contributed by atoms with Crippen molar-refractivity contribution in [1.82, 2.24) is 9.11 Å². The molecule has 0 radical (unpaired) electrons. The third-order valence-electron chi connectivity index (χ3n) is 3.01. The molecule has 0 aliphatic carbocycles. The van der Waals surface area contributed by atoms with Crippen molar-refractivity contribution in [1.29, 1.82) is 0 Å². The Morgan fingerprint density at radius 3 is 2.27 bits per heavy atom. The second kappa shape index (κ2) is 6.45. The summed E-state index contributed by atoms with van der Waals surface area (Å²) in [6.45, 7) is 3.60. The Morgan fingerprint density at radius 2 is 1.73 bits per heavy atom. The van der Waals surface area contributed by atoms with Crippen LogP contribution in [0.1, 0.15) is 16.1 Å². The maximum absolute atomic E-state index is 12.1. The highest BCUT2D eigenvalue weighted by atomic mass is 32.3. The summed E-state index contributed by atoms with van der Waals surface area (Å²) < 4.78 is 49.9. The molecule has 0 unspecified atom stereocenters. The number of sulfonamides is 2. The van der Waals surface area contributed by atoms with E-state index in [9.17, 15) is 16.8 Å². The average Bonchev–Trinajstić information content (AvgIpc) is 2.81. The van der Waals surface area contributed by atoms with E-state index in [-0.39, 0.29) is 17.1 Å². The van der Waals surface area contributed by atoms with Crippen molar-refractivity contribution in [3.8, 4) is 0 Å². The van der Waals surface area contributed by atoms with Crippen molar-refractivity contribution in [3.05, 3.63) is 45.9 Å². The summed E-state index contributed by atoms with van der Waals surface area (Å²) in [4.78, 5) is 4.79. The first-order chi connectivity index (χ1) is 10.2. The van der Waals surface area contributed by atoms with E-state index in [1.54, 1.807) is 28.7 Å². The van der Waals surface area contributed by atoms with Gasteiger partial charge in [0.15, 0.2) is 0 Å². The van der Waals surface area contributed by atoms with Gasteiger partial charge in [0.1, 0.15) is 0 Å². The smallest absolute Gasteiger partial charge is 0.250 e. The van der Waals surface area contributed by atoms with E-state index in [4.69, 9.17) is 0 Å². The summed E-state index contributed by atoms with van der Waals surface area (Å²) in [5.41, 5.74) is 3.29. The second-order valence-electron chi connectivity index (χ2n) is 4.83. The molecule has 0 spiro atoms. The Hall–Kier alpha value is -1.29. The number of benzene rings is 1. The largest absolute Gasteiger partial charge is 0.253 e. The number of rotatable bonds is 6. The van der Waals surface area contributed by atoms with Gasteiger partial charge >= 0.3 is 0 Å². The zero-order chi connectivity index (χ0) is 16.4. The van der Waals surface area contributed by atoms with Crippen LogP contribution in [0.2, 0.25) is 0 Å². The van der Waals surface area contributed by atoms with Gasteiger partial charge in [-0.25, -0.2) is 21.8 Å². The second-order valence-corrected chi connectivity index (χ2v) is 9.55. The summed E-state index contributed by atoms with van der Waals surface area (Å²) in [5.74, 6) is -0.304. The van der Waals surface area contributed by atoms with E-state index in [2.05, 4.69) is 4.98 Å². The van der Waals surface area contributed by atoms with Crippen molar-refractivity contribution in [2.75, 3.05) is 5.75 Å². The monoisotopic (exact) mass is 360 g/mol. The lowest BCUT2D eigenvalue weighted by Crippen LogP contribution is -2.33. The van der Waals surface area contributed by atoms with Crippen LogP contribution >= 0.6 is 11.3 Å². The highest BCUT2D eigenvalue weighted by Crippen LogP contribution is 2.15. The summed E-state index contributed by atoms with van der Waals surface area (Å²) in [6.07, 6.45) is 0.231. The van der Waals surface area contributed by atoms with Crippen LogP contribution in [-0.2, 0) is 26.5 Å². The first-order valence-corrected chi connectivity index (χ1v) is 10.4. The fraction of sp³-hybridized carbons (Fsp3) is 0.308. The molecule has 0 aliphatic rings. The topological polar surface area (TPSA) is 93.2 Å². The standard InChI is InChI=1S/C13H16N2O4S3/c1-10-3-5-12(6-4-10)22(18,19)15-21(16,17)8-7-13-11(2)14-9-20-13/h3-6,9,15H,7-8H2,1-2H3. The molecule has 2 aromatic rings. The minimum Gasteiger partial charge on any atom is -0.250 e. The number of nitrogens with one attached hydrogen (secondary N) is 1. The number of hydrogen-bond donors (Lipinski definition) is 1. The summed E-state index contributed by atoms with van der Waals surface area (Å²) >= 11 is 1.35. The van der Waals surface area contributed by atoms with Crippen molar-refractivity contribution >= 4 is 31.4 Å². The molecule has 0 atom stereocenters. The molecule has 0 bridgehead atoms. The van der Waals surface area contributed by atoms with Crippen molar-refractivity contribution < 1.29 is 16.8 Å². The minimum absolute atomic E-state index is 0.0735. The molecule has 2 rings (SSSR count). The van der Waals surface area contributed by atoms with Gasteiger partial charge in [0.05, 0.1) is 21.9 Å². The van der Waals surface area contributed by atoms with E-state index >= 15 is 0 Å². The van der Waals surface area contributed by atoms with Crippen LogP contribution in [0, 0.1) is 13.8 Å². The molecule has 1 heterocycles. The van der Waals surface area contributed by atoms with Gasteiger partial charge in [0, 0.05) is 4.88 Å². The van der Waals surface area contributed by atoms with Gasteiger partial charge in [-0.15, -0.1) is 15.5 Å². The zero-order valence-corrected chi connectivity index (χ0v) is 14.6. The fourth-order valence-electron chi connectivity index (χ4n) is 1.77. The first kappa shape index (κ1) is 17.1. The SMILES string of the molecule is Cc1ccc(S(=O)(=O)NS(=O)(=O)CCc2scnc2C)cc1. The Balaban J connectivity index is 2.10. The number of aryl methyl sites for hydroxylation is 3. The van der Waals surface area contributed by atoms with Gasteiger partial charge in [0.2, 0.25) is 10.0 Å². The molecule has 0 amide bonds. The van der Waals surface area contributed by atoms with E-state index in [1.165, 1.54) is 23.5 Å². The molecule has 9 heteroatoms. The lowest BCUT2D eigenvalue weighted by molar-refractivity contribution is 0.576. The highest BCUT2D eigenvalue weighted by Gasteiger charge is 2.23. The molecule has 120 valence electrons. The Kier molecular flexibility index (Phi) is 5.00. The van der Waals surface area contributed by atoms with E-state index in [0.717, 1.165) is 16.1 Å².